The summed E-state index contributed by atoms with van der Waals surface area (Å²) in [7, 11) is 0. The Hall–Kier alpha value is -4.20. The zero-order chi connectivity index (χ0) is 22.3. The molecule has 8 nitrogen and oxygen atoms in total. The Morgan fingerprint density at radius 2 is 1.78 bits per heavy atom. The monoisotopic (exact) mass is 431 g/mol. The number of hydrogen-bond acceptors (Lipinski definition) is 6. The first-order valence-corrected chi connectivity index (χ1v) is 10.1. The van der Waals surface area contributed by atoms with E-state index in [4.69, 9.17) is 9.47 Å². The molecule has 32 heavy (non-hydrogen) atoms. The van der Waals surface area contributed by atoms with E-state index in [9.17, 15) is 14.4 Å². The Labute approximate surface area is 184 Å². The number of pyridine rings is 1. The highest BCUT2D eigenvalue weighted by molar-refractivity contribution is 5.99. The molecule has 0 aliphatic heterocycles. The van der Waals surface area contributed by atoms with Gasteiger partial charge >= 0.3 is 5.97 Å². The molecule has 0 radical (unpaired) electrons. The fraction of sp³-hybridized carbons (Fsp3) is 0.167. The number of nitrogens with one attached hydrogen (secondary N) is 2. The molecule has 0 atom stereocenters. The van der Waals surface area contributed by atoms with E-state index in [1.54, 1.807) is 54.6 Å². The van der Waals surface area contributed by atoms with Crippen molar-refractivity contribution >= 4 is 23.5 Å². The number of hydrogen-bond donors (Lipinski definition) is 2. The minimum Gasteiger partial charge on any atom is -0.452 e. The number of amides is 2. The first-order valence-electron chi connectivity index (χ1n) is 10.1. The zero-order valence-electron chi connectivity index (χ0n) is 17.1. The standard InChI is InChI=1S/C24H21N3O5/c28-21(26-18-7-4-6-16(14-18)22(29)27-17-11-12-17)15-31-24(30)20-10-5-13-25-23(20)32-19-8-2-1-3-9-19/h1-10,13-14,17H,11-12,15H2,(H,26,28)(H,27,29). The fourth-order valence-electron chi connectivity index (χ4n) is 2.87. The zero-order valence-corrected chi connectivity index (χ0v) is 17.1. The summed E-state index contributed by atoms with van der Waals surface area (Å²) in [6.45, 7) is -0.503. The molecule has 1 saturated carbocycles. The van der Waals surface area contributed by atoms with Crippen molar-refractivity contribution in [2.24, 2.45) is 0 Å². The SMILES string of the molecule is O=C(COC(=O)c1cccnc1Oc1ccccc1)Nc1cccc(C(=O)NC2CC2)c1. The van der Waals surface area contributed by atoms with Crippen LogP contribution in [0, 0.1) is 0 Å². The Bertz CT molecular complexity index is 1130. The molecule has 8 heteroatoms. The van der Waals surface area contributed by atoms with Gasteiger partial charge < -0.3 is 20.1 Å². The highest BCUT2D eigenvalue weighted by atomic mass is 16.5. The van der Waals surface area contributed by atoms with Crippen LogP contribution in [0.1, 0.15) is 33.6 Å². The van der Waals surface area contributed by atoms with E-state index in [1.165, 1.54) is 12.3 Å². The maximum atomic E-state index is 12.5. The summed E-state index contributed by atoms with van der Waals surface area (Å²) in [5.74, 6) is -0.858. The van der Waals surface area contributed by atoms with Gasteiger partial charge in [-0.15, -0.1) is 0 Å². The van der Waals surface area contributed by atoms with E-state index >= 15 is 0 Å². The van der Waals surface area contributed by atoms with Gasteiger partial charge in [-0.05, 0) is 55.3 Å². The van der Waals surface area contributed by atoms with E-state index in [1.807, 2.05) is 6.07 Å². The molecule has 162 valence electrons. The van der Waals surface area contributed by atoms with Crippen molar-refractivity contribution in [3.63, 3.8) is 0 Å². The normalized spacial score (nSPS) is 12.5. The summed E-state index contributed by atoms with van der Waals surface area (Å²) in [6.07, 6.45) is 3.47. The van der Waals surface area contributed by atoms with Crippen molar-refractivity contribution in [3.8, 4) is 11.6 Å². The van der Waals surface area contributed by atoms with Crippen molar-refractivity contribution in [1.29, 1.82) is 0 Å². The molecule has 1 aromatic heterocycles. The van der Waals surface area contributed by atoms with Gasteiger partial charge in [-0.1, -0.05) is 24.3 Å². The number of rotatable bonds is 8. The molecule has 1 heterocycles. The van der Waals surface area contributed by atoms with Gasteiger partial charge in [0.2, 0.25) is 5.88 Å². The maximum absolute atomic E-state index is 12.5. The number of carbonyl (C=O) groups is 3. The van der Waals surface area contributed by atoms with Crippen LogP contribution in [0.3, 0.4) is 0 Å². The van der Waals surface area contributed by atoms with Crippen molar-refractivity contribution in [1.82, 2.24) is 10.3 Å². The molecule has 1 aliphatic carbocycles. The molecule has 2 aromatic carbocycles. The minimum atomic E-state index is -0.739. The lowest BCUT2D eigenvalue weighted by Crippen LogP contribution is -2.25. The van der Waals surface area contributed by atoms with E-state index in [-0.39, 0.29) is 23.4 Å². The van der Waals surface area contributed by atoms with E-state index in [0.29, 0.717) is 17.0 Å². The molecule has 0 bridgehead atoms. The van der Waals surface area contributed by atoms with Crippen molar-refractivity contribution in [2.75, 3.05) is 11.9 Å². The lowest BCUT2D eigenvalue weighted by molar-refractivity contribution is -0.119. The second kappa shape index (κ2) is 9.74. The van der Waals surface area contributed by atoms with Crippen LogP contribution in [-0.2, 0) is 9.53 Å². The predicted octanol–water partition coefficient (Wildman–Crippen LogP) is 3.56. The van der Waals surface area contributed by atoms with Crippen LogP contribution < -0.4 is 15.4 Å². The van der Waals surface area contributed by atoms with Gasteiger partial charge in [-0.2, -0.15) is 0 Å². The first-order chi connectivity index (χ1) is 15.6. The Kier molecular flexibility index (Phi) is 6.41. The summed E-state index contributed by atoms with van der Waals surface area (Å²) >= 11 is 0. The number of aromatic nitrogens is 1. The molecular weight excluding hydrogens is 410 g/mol. The van der Waals surface area contributed by atoms with Crippen LogP contribution in [0.2, 0.25) is 0 Å². The number of esters is 1. The topological polar surface area (TPSA) is 107 Å². The highest BCUT2D eigenvalue weighted by Crippen LogP contribution is 2.23. The van der Waals surface area contributed by atoms with Crippen LogP contribution in [0.15, 0.2) is 72.9 Å². The average Bonchev–Trinajstić information content (AvgIpc) is 3.63. The summed E-state index contributed by atoms with van der Waals surface area (Å²) in [4.78, 5) is 41.0. The Balaban J connectivity index is 1.33. The molecule has 0 saturated heterocycles. The smallest absolute Gasteiger partial charge is 0.344 e. The van der Waals surface area contributed by atoms with Crippen molar-refractivity contribution in [2.45, 2.75) is 18.9 Å². The Morgan fingerprint density at radius 1 is 0.969 bits per heavy atom. The number of ether oxygens (including phenoxy) is 2. The quantitative estimate of drug-likeness (QED) is 0.528. The van der Waals surface area contributed by atoms with Crippen LogP contribution in [0.4, 0.5) is 5.69 Å². The van der Waals surface area contributed by atoms with E-state index in [0.717, 1.165) is 12.8 Å². The molecule has 0 spiro atoms. The lowest BCUT2D eigenvalue weighted by Gasteiger charge is -2.10. The molecular formula is C24H21N3O5. The molecule has 0 unspecified atom stereocenters. The minimum absolute atomic E-state index is 0.0819. The number of carbonyl (C=O) groups excluding carboxylic acids is 3. The third-order valence-electron chi connectivity index (χ3n) is 4.60. The van der Waals surface area contributed by atoms with E-state index < -0.39 is 18.5 Å². The van der Waals surface area contributed by atoms with Gasteiger partial charge in [0.1, 0.15) is 11.3 Å². The molecule has 1 fully saturated rings. The third-order valence-corrected chi connectivity index (χ3v) is 4.60. The van der Waals surface area contributed by atoms with Crippen LogP contribution in [0.5, 0.6) is 11.6 Å². The highest BCUT2D eigenvalue weighted by Gasteiger charge is 2.24. The largest absolute Gasteiger partial charge is 0.452 e. The molecule has 1 aliphatic rings. The van der Waals surface area contributed by atoms with Gasteiger partial charge in [0.05, 0.1) is 0 Å². The summed E-state index contributed by atoms with van der Waals surface area (Å²) < 4.78 is 10.8. The Morgan fingerprint density at radius 3 is 2.56 bits per heavy atom. The molecule has 4 rings (SSSR count). The van der Waals surface area contributed by atoms with Gasteiger partial charge in [-0.3, -0.25) is 9.59 Å². The third kappa shape index (κ3) is 5.69. The van der Waals surface area contributed by atoms with Gasteiger partial charge in [-0.25, -0.2) is 9.78 Å². The fourth-order valence-corrected chi connectivity index (χ4v) is 2.87. The van der Waals surface area contributed by atoms with Gasteiger partial charge in [0.15, 0.2) is 6.61 Å². The van der Waals surface area contributed by atoms with Gasteiger partial charge in [0.25, 0.3) is 11.8 Å². The molecule has 2 amide bonds. The number of nitrogens with zero attached hydrogens (tertiary/aromatic N) is 1. The molecule has 2 N–H and O–H groups in total. The second-order valence-corrected chi connectivity index (χ2v) is 7.22. The predicted molar refractivity (Wildman–Crippen MR) is 117 cm³/mol. The van der Waals surface area contributed by atoms with Crippen LogP contribution in [-0.4, -0.2) is 35.4 Å². The first kappa shape index (κ1) is 21.0. The van der Waals surface area contributed by atoms with Gasteiger partial charge in [0, 0.05) is 23.5 Å². The lowest BCUT2D eigenvalue weighted by atomic mass is 10.2. The van der Waals surface area contributed by atoms with Crippen molar-refractivity contribution in [3.05, 3.63) is 84.1 Å². The number of para-hydroxylation sites is 1. The number of benzene rings is 2. The summed E-state index contributed by atoms with van der Waals surface area (Å²) in [5, 5.41) is 5.52. The number of anilines is 1. The second-order valence-electron chi connectivity index (χ2n) is 7.22. The van der Waals surface area contributed by atoms with Crippen molar-refractivity contribution < 1.29 is 23.9 Å². The summed E-state index contributed by atoms with van der Waals surface area (Å²) in [5.41, 5.74) is 0.983. The summed E-state index contributed by atoms with van der Waals surface area (Å²) in [6, 6.07) is 18.8. The average molecular weight is 431 g/mol. The molecule has 3 aromatic rings. The maximum Gasteiger partial charge on any atom is 0.344 e. The van der Waals surface area contributed by atoms with Crippen LogP contribution >= 0.6 is 0 Å². The van der Waals surface area contributed by atoms with E-state index in [2.05, 4.69) is 15.6 Å². The van der Waals surface area contributed by atoms with Crippen LogP contribution in [0.25, 0.3) is 0 Å².